The molecule has 1 fully saturated rings. The molecule has 0 radical (unpaired) electrons. The minimum absolute atomic E-state index is 0.0404. The number of amides is 2. The lowest BCUT2D eigenvalue weighted by Gasteiger charge is -2.36. The topological polar surface area (TPSA) is 69.7 Å². The second-order valence-corrected chi connectivity index (χ2v) is 8.32. The summed E-state index contributed by atoms with van der Waals surface area (Å²) in [4.78, 5) is 29.2. The minimum atomic E-state index is -1.09. The highest BCUT2D eigenvalue weighted by Gasteiger charge is 2.21. The van der Waals surface area contributed by atoms with Crippen molar-refractivity contribution in [3.8, 4) is 0 Å². The molecule has 0 bridgehead atoms. The molecule has 2 aromatic carbocycles. The molecule has 0 spiro atoms. The third-order valence-electron chi connectivity index (χ3n) is 4.67. The molecule has 2 amide bonds. The molecule has 0 saturated carbocycles. The molecule has 6 nitrogen and oxygen atoms in total. The zero-order valence-corrected chi connectivity index (χ0v) is 17.1. The maximum absolute atomic E-state index is 12.4. The fraction of sp³-hybridized carbons (Fsp3) is 0.300. The maximum atomic E-state index is 12.4. The number of rotatable bonds is 5. The molecule has 1 heterocycles. The smallest absolute Gasteiger partial charge is 0.251 e. The molecule has 1 saturated heterocycles. The summed E-state index contributed by atoms with van der Waals surface area (Å²) in [6, 6.07) is 14.2. The van der Waals surface area contributed by atoms with E-state index in [1.165, 1.54) is 0 Å². The zero-order valence-electron chi connectivity index (χ0n) is 15.6. The monoisotopic (exact) mass is 419 g/mol. The molecule has 0 aromatic heterocycles. The average Bonchev–Trinajstić information content (AvgIpc) is 2.72. The van der Waals surface area contributed by atoms with Gasteiger partial charge in [0.15, 0.2) is 0 Å². The predicted molar refractivity (Wildman–Crippen MR) is 111 cm³/mol. The van der Waals surface area contributed by atoms with Crippen LogP contribution < -0.4 is 10.2 Å². The molecular weight excluding hydrogens is 398 g/mol. The number of carbonyl (C=O) groups excluding carboxylic acids is 2. The Bertz CT molecular complexity index is 863. The van der Waals surface area contributed by atoms with Crippen LogP contribution in [0.25, 0.3) is 0 Å². The fourth-order valence-corrected chi connectivity index (χ4v) is 3.68. The number of hydrogen-bond donors (Lipinski definition) is 1. The summed E-state index contributed by atoms with van der Waals surface area (Å²) in [5.41, 5.74) is 1.52. The Labute approximate surface area is 171 Å². The number of hydrogen-bond acceptors (Lipinski definition) is 4. The minimum Gasteiger partial charge on any atom is -0.368 e. The van der Waals surface area contributed by atoms with Crippen molar-refractivity contribution in [2.75, 3.05) is 43.9 Å². The quantitative estimate of drug-likeness (QED) is 0.806. The van der Waals surface area contributed by atoms with Crippen LogP contribution in [0.4, 0.5) is 5.69 Å². The van der Waals surface area contributed by atoms with Crippen LogP contribution in [0.5, 0.6) is 0 Å². The second kappa shape index (κ2) is 9.21. The van der Waals surface area contributed by atoms with Crippen molar-refractivity contribution < 1.29 is 13.8 Å². The van der Waals surface area contributed by atoms with Gasteiger partial charge in [-0.05, 0) is 48.5 Å². The van der Waals surface area contributed by atoms with Crippen LogP contribution in [0.15, 0.2) is 53.4 Å². The molecule has 8 heteroatoms. The number of benzene rings is 2. The highest BCUT2D eigenvalue weighted by Crippen LogP contribution is 2.19. The van der Waals surface area contributed by atoms with E-state index >= 15 is 0 Å². The van der Waals surface area contributed by atoms with Crippen molar-refractivity contribution in [2.24, 2.45) is 0 Å². The van der Waals surface area contributed by atoms with Gasteiger partial charge >= 0.3 is 0 Å². The lowest BCUT2D eigenvalue weighted by Crippen LogP contribution is -2.51. The normalized spacial score (nSPS) is 15.2. The Balaban J connectivity index is 1.47. The third-order valence-corrected chi connectivity index (χ3v) is 5.86. The molecule has 1 atom stereocenters. The first-order chi connectivity index (χ1) is 13.4. The van der Waals surface area contributed by atoms with Gasteiger partial charge in [-0.3, -0.25) is 13.8 Å². The number of nitrogens with zero attached hydrogens (tertiary/aromatic N) is 2. The molecule has 2 aromatic rings. The molecule has 148 valence electrons. The van der Waals surface area contributed by atoms with Gasteiger partial charge in [0, 0.05) is 64.4 Å². The van der Waals surface area contributed by atoms with E-state index in [9.17, 15) is 13.8 Å². The number of carbonyl (C=O) groups is 2. The average molecular weight is 420 g/mol. The largest absolute Gasteiger partial charge is 0.368 e. The first-order valence-corrected chi connectivity index (χ1v) is 10.9. The summed E-state index contributed by atoms with van der Waals surface area (Å²) in [6.45, 7) is 2.64. The van der Waals surface area contributed by atoms with Crippen LogP contribution in [0, 0.1) is 0 Å². The Hall–Kier alpha value is -2.38. The summed E-state index contributed by atoms with van der Waals surface area (Å²) >= 11 is 5.92. The Morgan fingerprint density at radius 2 is 1.61 bits per heavy atom. The second-order valence-electron chi connectivity index (χ2n) is 6.51. The standard InChI is InChI=1S/C20H22ClN3O3S/c1-28(27)18-8-2-15(3-9-18)20(26)22-14-19(25)24-12-10-23(11-13-24)17-6-4-16(21)5-7-17/h2-9H,10-14H2,1H3,(H,22,26). The van der Waals surface area contributed by atoms with Crippen molar-refractivity contribution in [1.82, 2.24) is 10.2 Å². The molecule has 0 aliphatic carbocycles. The predicted octanol–water partition coefficient (Wildman–Crippen LogP) is 2.16. The van der Waals surface area contributed by atoms with Gasteiger partial charge in [-0.25, -0.2) is 0 Å². The van der Waals surface area contributed by atoms with E-state index in [2.05, 4.69) is 10.2 Å². The van der Waals surface area contributed by atoms with E-state index in [0.717, 1.165) is 18.8 Å². The maximum Gasteiger partial charge on any atom is 0.251 e. The molecule has 28 heavy (non-hydrogen) atoms. The number of anilines is 1. The van der Waals surface area contributed by atoms with Crippen LogP contribution in [0.3, 0.4) is 0 Å². The lowest BCUT2D eigenvalue weighted by molar-refractivity contribution is -0.130. The Morgan fingerprint density at radius 3 is 2.18 bits per heavy atom. The first-order valence-electron chi connectivity index (χ1n) is 8.94. The van der Waals surface area contributed by atoms with Gasteiger partial charge in [-0.15, -0.1) is 0 Å². The first kappa shape index (κ1) is 20.4. The number of halogens is 1. The molecule has 1 aliphatic rings. The van der Waals surface area contributed by atoms with Crippen LogP contribution in [-0.2, 0) is 15.6 Å². The Morgan fingerprint density at radius 1 is 1.00 bits per heavy atom. The van der Waals surface area contributed by atoms with Crippen LogP contribution >= 0.6 is 11.6 Å². The number of nitrogens with one attached hydrogen (secondary N) is 1. The van der Waals surface area contributed by atoms with E-state index < -0.39 is 10.8 Å². The van der Waals surface area contributed by atoms with E-state index in [0.29, 0.717) is 28.6 Å². The molecule has 1 N–H and O–H groups in total. The van der Waals surface area contributed by atoms with Crippen LogP contribution in [-0.4, -0.2) is 59.9 Å². The van der Waals surface area contributed by atoms with Gasteiger partial charge in [-0.1, -0.05) is 11.6 Å². The van der Waals surface area contributed by atoms with Gasteiger partial charge in [0.05, 0.1) is 6.54 Å². The molecular formula is C20H22ClN3O3S. The van der Waals surface area contributed by atoms with Crippen molar-refractivity contribution in [2.45, 2.75) is 4.90 Å². The van der Waals surface area contributed by atoms with Gasteiger partial charge in [0.25, 0.3) is 5.91 Å². The summed E-state index contributed by atoms with van der Waals surface area (Å²) in [7, 11) is -1.09. The summed E-state index contributed by atoms with van der Waals surface area (Å²) in [6.07, 6.45) is 1.58. The highest BCUT2D eigenvalue weighted by molar-refractivity contribution is 7.84. The summed E-state index contributed by atoms with van der Waals surface area (Å²) < 4.78 is 11.4. The van der Waals surface area contributed by atoms with Crippen LogP contribution in [0.2, 0.25) is 5.02 Å². The highest BCUT2D eigenvalue weighted by atomic mass is 35.5. The third kappa shape index (κ3) is 5.11. The SMILES string of the molecule is CS(=O)c1ccc(C(=O)NCC(=O)N2CCN(c3ccc(Cl)cc3)CC2)cc1. The molecule has 1 unspecified atom stereocenters. The lowest BCUT2D eigenvalue weighted by atomic mass is 10.2. The van der Waals surface area contributed by atoms with Crippen molar-refractivity contribution in [3.05, 3.63) is 59.1 Å². The molecule has 3 rings (SSSR count). The molecule has 1 aliphatic heterocycles. The van der Waals surface area contributed by atoms with E-state index in [1.807, 2.05) is 24.3 Å². The van der Waals surface area contributed by atoms with E-state index in [1.54, 1.807) is 35.4 Å². The Kier molecular flexibility index (Phi) is 6.70. The van der Waals surface area contributed by atoms with E-state index in [-0.39, 0.29) is 18.4 Å². The van der Waals surface area contributed by atoms with Crippen molar-refractivity contribution >= 4 is 39.9 Å². The van der Waals surface area contributed by atoms with Crippen molar-refractivity contribution in [3.63, 3.8) is 0 Å². The van der Waals surface area contributed by atoms with Gasteiger partial charge in [-0.2, -0.15) is 0 Å². The van der Waals surface area contributed by atoms with Gasteiger partial charge < -0.3 is 15.1 Å². The number of piperazine rings is 1. The summed E-state index contributed by atoms with van der Waals surface area (Å²) in [5, 5.41) is 3.36. The van der Waals surface area contributed by atoms with Gasteiger partial charge in [0.2, 0.25) is 5.91 Å². The van der Waals surface area contributed by atoms with Gasteiger partial charge in [0.1, 0.15) is 0 Å². The van der Waals surface area contributed by atoms with Crippen LogP contribution in [0.1, 0.15) is 10.4 Å². The van der Waals surface area contributed by atoms with E-state index in [4.69, 9.17) is 11.6 Å². The fourth-order valence-electron chi connectivity index (χ4n) is 3.03. The van der Waals surface area contributed by atoms with Crippen molar-refractivity contribution in [1.29, 1.82) is 0 Å². The summed E-state index contributed by atoms with van der Waals surface area (Å²) in [5.74, 6) is -0.419. The zero-order chi connectivity index (χ0) is 20.1.